The molecule has 2 heteroatoms. The van der Waals surface area contributed by atoms with Crippen LogP contribution in [0.2, 0.25) is 0 Å². The molecule has 0 amide bonds. The number of hydrogen-bond donors (Lipinski definition) is 0. The van der Waals surface area contributed by atoms with Crippen LogP contribution in [0.4, 0.5) is 0 Å². The average Bonchev–Trinajstić information content (AvgIpc) is 1.83. The summed E-state index contributed by atoms with van der Waals surface area (Å²) in [6.07, 6.45) is 5.88. The highest BCUT2D eigenvalue weighted by Gasteiger charge is 1.83. The lowest BCUT2D eigenvalue weighted by Gasteiger charge is -1.67. The highest BCUT2D eigenvalue weighted by Crippen LogP contribution is 1.84. The SMILES string of the molecule is C#CC=C(C#N)C#N. The van der Waals surface area contributed by atoms with Gasteiger partial charge in [0.05, 0.1) is 0 Å². The molecule has 0 bridgehead atoms. The Kier molecular flexibility index (Phi) is 2.72. The van der Waals surface area contributed by atoms with E-state index in [2.05, 4.69) is 5.92 Å². The van der Waals surface area contributed by atoms with Crippen molar-refractivity contribution in [1.29, 1.82) is 10.5 Å². The van der Waals surface area contributed by atoms with Crippen LogP contribution in [0.15, 0.2) is 11.6 Å². The summed E-state index contributed by atoms with van der Waals surface area (Å²) in [6, 6.07) is 3.22. The first-order valence-electron chi connectivity index (χ1n) is 1.81. The minimum Gasteiger partial charge on any atom is -0.192 e. The zero-order valence-electron chi connectivity index (χ0n) is 4.05. The van der Waals surface area contributed by atoms with Gasteiger partial charge in [-0.05, 0) is 0 Å². The van der Waals surface area contributed by atoms with E-state index in [0.29, 0.717) is 0 Å². The van der Waals surface area contributed by atoms with Crippen LogP contribution in [-0.4, -0.2) is 0 Å². The van der Waals surface area contributed by atoms with Gasteiger partial charge in [0.15, 0.2) is 0 Å². The van der Waals surface area contributed by atoms with E-state index in [1.54, 1.807) is 12.1 Å². The van der Waals surface area contributed by atoms with Gasteiger partial charge >= 0.3 is 0 Å². The highest BCUT2D eigenvalue weighted by atomic mass is 14.3. The summed E-state index contributed by atoms with van der Waals surface area (Å²) in [7, 11) is 0. The summed E-state index contributed by atoms with van der Waals surface area (Å²) in [5, 5.41) is 16.0. The predicted octanol–water partition coefficient (Wildman–Crippen LogP) is 0.593. The lowest BCUT2D eigenvalue weighted by molar-refractivity contribution is 1.46. The molecule has 0 aliphatic heterocycles. The van der Waals surface area contributed by atoms with Gasteiger partial charge in [0, 0.05) is 6.08 Å². The van der Waals surface area contributed by atoms with E-state index < -0.39 is 0 Å². The van der Waals surface area contributed by atoms with E-state index in [4.69, 9.17) is 16.9 Å². The average molecular weight is 102 g/mol. The second-order valence-electron chi connectivity index (χ2n) is 0.948. The number of nitriles is 2. The van der Waals surface area contributed by atoms with Gasteiger partial charge < -0.3 is 0 Å². The van der Waals surface area contributed by atoms with Crippen molar-refractivity contribution < 1.29 is 0 Å². The fourth-order valence-corrected chi connectivity index (χ4v) is 0.173. The third-order valence-corrected chi connectivity index (χ3v) is 0.469. The van der Waals surface area contributed by atoms with Crippen molar-refractivity contribution in [3.8, 4) is 24.5 Å². The van der Waals surface area contributed by atoms with E-state index in [9.17, 15) is 0 Å². The van der Waals surface area contributed by atoms with Crippen molar-refractivity contribution in [2.24, 2.45) is 0 Å². The molecule has 0 rings (SSSR count). The van der Waals surface area contributed by atoms with Gasteiger partial charge in [0.25, 0.3) is 0 Å². The summed E-state index contributed by atoms with van der Waals surface area (Å²) in [5.74, 6) is 2.06. The maximum absolute atomic E-state index is 8.02. The molecule has 0 N–H and O–H groups in total. The van der Waals surface area contributed by atoms with E-state index >= 15 is 0 Å². The first-order valence-corrected chi connectivity index (χ1v) is 1.81. The van der Waals surface area contributed by atoms with Crippen molar-refractivity contribution in [2.45, 2.75) is 0 Å². The maximum atomic E-state index is 8.02. The van der Waals surface area contributed by atoms with E-state index in [1.807, 2.05) is 0 Å². The lowest BCUT2D eigenvalue weighted by atomic mass is 10.3. The predicted molar refractivity (Wildman–Crippen MR) is 28.1 cm³/mol. The Morgan fingerprint density at radius 3 is 2.00 bits per heavy atom. The molecule has 8 heavy (non-hydrogen) atoms. The van der Waals surface area contributed by atoms with Gasteiger partial charge in [-0.2, -0.15) is 10.5 Å². The van der Waals surface area contributed by atoms with Gasteiger partial charge in [-0.1, -0.05) is 5.92 Å². The van der Waals surface area contributed by atoms with Gasteiger partial charge in [0.1, 0.15) is 17.7 Å². The molecule has 0 aromatic heterocycles. The molecule has 0 unspecified atom stereocenters. The summed E-state index contributed by atoms with van der Waals surface area (Å²) in [5.41, 5.74) is -0.0347. The molecule has 0 radical (unpaired) electrons. The number of nitrogens with zero attached hydrogens (tertiary/aromatic N) is 2. The second-order valence-corrected chi connectivity index (χ2v) is 0.948. The normalized spacial score (nSPS) is 5.12. The van der Waals surface area contributed by atoms with Gasteiger partial charge in [-0.3, -0.25) is 0 Å². The topological polar surface area (TPSA) is 47.6 Å². The Balaban J connectivity index is 4.28. The van der Waals surface area contributed by atoms with Crippen LogP contribution in [0, 0.1) is 35.0 Å². The van der Waals surface area contributed by atoms with Gasteiger partial charge in [-0.25, -0.2) is 0 Å². The third kappa shape index (κ3) is 1.65. The van der Waals surface area contributed by atoms with Crippen LogP contribution >= 0.6 is 0 Å². The minimum atomic E-state index is -0.0347. The maximum Gasteiger partial charge on any atom is 0.137 e. The number of allylic oxidation sites excluding steroid dienone is 2. The smallest absolute Gasteiger partial charge is 0.137 e. The molecule has 0 spiro atoms. The van der Waals surface area contributed by atoms with Crippen LogP contribution in [0.1, 0.15) is 0 Å². The molecule has 0 aliphatic carbocycles. The third-order valence-electron chi connectivity index (χ3n) is 0.469. The van der Waals surface area contributed by atoms with Crippen LogP contribution in [-0.2, 0) is 0 Å². The number of rotatable bonds is 0. The summed E-state index contributed by atoms with van der Waals surface area (Å²) in [4.78, 5) is 0. The van der Waals surface area contributed by atoms with Crippen molar-refractivity contribution >= 4 is 0 Å². The summed E-state index contributed by atoms with van der Waals surface area (Å²) < 4.78 is 0. The van der Waals surface area contributed by atoms with Crippen LogP contribution in [0.25, 0.3) is 0 Å². The Hall–Kier alpha value is -1.72. The van der Waals surface area contributed by atoms with Crippen LogP contribution in [0.5, 0.6) is 0 Å². The molecule has 0 atom stereocenters. The Bertz CT molecular complexity index is 200. The van der Waals surface area contributed by atoms with E-state index in [1.165, 1.54) is 0 Å². The van der Waals surface area contributed by atoms with Crippen LogP contribution in [0.3, 0.4) is 0 Å². The molecule has 0 fully saturated rings. The first kappa shape index (κ1) is 6.28. The standard InChI is InChI=1S/C6H2N2/c1-2-3-6(4-7)5-8/h1,3H. The molecule has 0 aromatic carbocycles. The highest BCUT2D eigenvalue weighted by molar-refractivity contribution is 5.39. The molecule has 2 nitrogen and oxygen atoms in total. The summed E-state index contributed by atoms with van der Waals surface area (Å²) in [6.45, 7) is 0. The van der Waals surface area contributed by atoms with Crippen molar-refractivity contribution in [1.82, 2.24) is 0 Å². The van der Waals surface area contributed by atoms with E-state index in [0.717, 1.165) is 6.08 Å². The largest absolute Gasteiger partial charge is 0.192 e. The van der Waals surface area contributed by atoms with Crippen molar-refractivity contribution in [3.63, 3.8) is 0 Å². The Labute approximate surface area is 47.7 Å². The second kappa shape index (κ2) is 3.47. The van der Waals surface area contributed by atoms with Gasteiger partial charge in [-0.15, -0.1) is 6.42 Å². The Morgan fingerprint density at radius 1 is 1.38 bits per heavy atom. The molecular formula is C6H2N2. The molecule has 0 heterocycles. The fourth-order valence-electron chi connectivity index (χ4n) is 0.173. The molecule has 0 saturated heterocycles. The number of terminal acetylenes is 1. The van der Waals surface area contributed by atoms with E-state index in [-0.39, 0.29) is 5.57 Å². The molecule has 0 saturated carbocycles. The zero-order chi connectivity index (χ0) is 6.41. The molecule has 36 valence electrons. The molecular weight excluding hydrogens is 100 g/mol. The molecule has 0 aromatic rings. The summed E-state index contributed by atoms with van der Waals surface area (Å²) >= 11 is 0. The van der Waals surface area contributed by atoms with Crippen molar-refractivity contribution in [2.75, 3.05) is 0 Å². The molecule has 0 aliphatic rings. The van der Waals surface area contributed by atoms with Crippen LogP contribution < -0.4 is 0 Å². The lowest BCUT2D eigenvalue weighted by Crippen LogP contribution is -1.66. The quantitative estimate of drug-likeness (QED) is 0.332. The van der Waals surface area contributed by atoms with Gasteiger partial charge in [0.2, 0.25) is 0 Å². The Morgan fingerprint density at radius 2 is 1.88 bits per heavy atom. The fraction of sp³-hybridized carbons (Fsp3) is 0. The first-order chi connectivity index (χ1) is 3.85. The zero-order valence-corrected chi connectivity index (χ0v) is 4.05. The van der Waals surface area contributed by atoms with Crippen molar-refractivity contribution in [3.05, 3.63) is 11.6 Å². The minimum absolute atomic E-state index is 0.0347. The number of hydrogen-bond acceptors (Lipinski definition) is 2. The monoisotopic (exact) mass is 102 g/mol.